The van der Waals surface area contributed by atoms with Crippen molar-refractivity contribution in [1.29, 1.82) is 0 Å². The molecular formula is C12H12BrFO4. The second kappa shape index (κ2) is 5.48. The van der Waals surface area contributed by atoms with E-state index in [1.807, 2.05) is 0 Å². The van der Waals surface area contributed by atoms with Gasteiger partial charge in [-0.2, -0.15) is 0 Å². The van der Waals surface area contributed by atoms with Crippen molar-refractivity contribution in [3.05, 3.63) is 34.1 Å². The Morgan fingerprint density at radius 2 is 2.00 bits per heavy atom. The van der Waals surface area contributed by atoms with Crippen molar-refractivity contribution in [2.24, 2.45) is 0 Å². The van der Waals surface area contributed by atoms with Gasteiger partial charge in [0, 0.05) is 16.5 Å². The Labute approximate surface area is 112 Å². The highest BCUT2D eigenvalue weighted by Crippen LogP contribution is 2.32. The molecule has 0 saturated heterocycles. The standard InChI is InChI=1S/C12H12BrFO4/c1-12(11(17)18,5-4-10(15)16)8-3-2-7(13)6-9(8)14/h2-3,6H,4-5H2,1H3,(H,15,16)(H,17,18). The lowest BCUT2D eigenvalue weighted by Crippen LogP contribution is -2.34. The second-order valence-corrected chi connectivity index (χ2v) is 5.07. The van der Waals surface area contributed by atoms with E-state index in [0.717, 1.165) is 6.07 Å². The first-order chi connectivity index (χ1) is 8.27. The predicted octanol–water partition coefficient (Wildman–Crippen LogP) is 2.80. The van der Waals surface area contributed by atoms with Crippen LogP contribution in [-0.4, -0.2) is 22.2 Å². The quantitative estimate of drug-likeness (QED) is 0.875. The summed E-state index contributed by atoms with van der Waals surface area (Å²) in [4.78, 5) is 21.8. The first kappa shape index (κ1) is 14.6. The number of benzene rings is 1. The van der Waals surface area contributed by atoms with Crippen LogP contribution in [0.25, 0.3) is 0 Å². The van der Waals surface area contributed by atoms with E-state index < -0.39 is 23.2 Å². The van der Waals surface area contributed by atoms with Gasteiger partial charge in [0.05, 0.1) is 5.41 Å². The molecule has 0 aliphatic carbocycles. The summed E-state index contributed by atoms with van der Waals surface area (Å²) < 4.78 is 14.3. The fraction of sp³-hybridized carbons (Fsp3) is 0.333. The molecule has 0 aromatic heterocycles. The number of rotatable bonds is 5. The normalized spacial score (nSPS) is 13.9. The molecule has 0 amide bonds. The molecule has 6 heteroatoms. The van der Waals surface area contributed by atoms with Crippen LogP contribution < -0.4 is 0 Å². The maximum Gasteiger partial charge on any atom is 0.313 e. The molecule has 1 atom stereocenters. The van der Waals surface area contributed by atoms with Crippen molar-refractivity contribution in [1.82, 2.24) is 0 Å². The molecule has 0 fully saturated rings. The number of halogens is 2. The summed E-state index contributed by atoms with van der Waals surface area (Å²) >= 11 is 3.08. The van der Waals surface area contributed by atoms with E-state index in [9.17, 15) is 19.1 Å². The Morgan fingerprint density at radius 3 is 2.44 bits per heavy atom. The fourth-order valence-corrected chi connectivity index (χ4v) is 1.98. The van der Waals surface area contributed by atoms with Crippen LogP contribution in [0.1, 0.15) is 25.3 Å². The van der Waals surface area contributed by atoms with Crippen molar-refractivity contribution < 1.29 is 24.2 Å². The maximum atomic E-state index is 13.8. The van der Waals surface area contributed by atoms with Gasteiger partial charge in [0.15, 0.2) is 0 Å². The number of carbonyl (C=O) groups is 2. The van der Waals surface area contributed by atoms with Crippen LogP contribution in [0.2, 0.25) is 0 Å². The molecule has 0 radical (unpaired) electrons. The zero-order valence-corrected chi connectivity index (χ0v) is 11.2. The first-order valence-electron chi connectivity index (χ1n) is 5.18. The van der Waals surface area contributed by atoms with Crippen LogP contribution in [0.3, 0.4) is 0 Å². The Bertz CT molecular complexity index is 489. The highest BCUT2D eigenvalue weighted by atomic mass is 79.9. The average Bonchev–Trinajstić information content (AvgIpc) is 2.25. The molecule has 1 aromatic carbocycles. The van der Waals surface area contributed by atoms with Gasteiger partial charge >= 0.3 is 11.9 Å². The molecule has 0 heterocycles. The summed E-state index contributed by atoms with van der Waals surface area (Å²) in [7, 11) is 0. The maximum absolute atomic E-state index is 13.8. The van der Waals surface area contributed by atoms with E-state index >= 15 is 0 Å². The third-order valence-corrected chi connectivity index (χ3v) is 3.33. The number of hydrogen-bond donors (Lipinski definition) is 2. The van der Waals surface area contributed by atoms with Crippen LogP contribution in [0, 0.1) is 5.82 Å². The summed E-state index contributed by atoms with van der Waals surface area (Å²) in [5.74, 6) is -3.02. The van der Waals surface area contributed by atoms with E-state index in [0.29, 0.717) is 4.47 Å². The molecule has 1 rings (SSSR count). The second-order valence-electron chi connectivity index (χ2n) is 4.16. The SMILES string of the molecule is CC(CCC(=O)O)(C(=O)O)c1ccc(Br)cc1F. The molecule has 0 spiro atoms. The van der Waals surface area contributed by atoms with E-state index in [-0.39, 0.29) is 18.4 Å². The molecule has 0 bridgehead atoms. The number of carboxylic acids is 2. The van der Waals surface area contributed by atoms with E-state index in [2.05, 4.69) is 15.9 Å². The van der Waals surface area contributed by atoms with Gasteiger partial charge in [-0.05, 0) is 25.5 Å². The highest BCUT2D eigenvalue weighted by Gasteiger charge is 2.37. The average molecular weight is 319 g/mol. The minimum atomic E-state index is -1.55. The van der Waals surface area contributed by atoms with Crippen molar-refractivity contribution in [2.45, 2.75) is 25.2 Å². The molecule has 4 nitrogen and oxygen atoms in total. The zero-order valence-electron chi connectivity index (χ0n) is 9.61. The number of hydrogen-bond acceptors (Lipinski definition) is 2. The minimum Gasteiger partial charge on any atom is -0.481 e. The van der Waals surface area contributed by atoms with Crippen LogP contribution in [0.5, 0.6) is 0 Å². The Morgan fingerprint density at radius 1 is 1.39 bits per heavy atom. The first-order valence-corrected chi connectivity index (χ1v) is 5.97. The van der Waals surface area contributed by atoms with Gasteiger partial charge < -0.3 is 10.2 Å². The zero-order chi connectivity index (χ0) is 13.9. The fourth-order valence-electron chi connectivity index (χ4n) is 1.65. The van der Waals surface area contributed by atoms with Gasteiger partial charge in [-0.1, -0.05) is 22.0 Å². The van der Waals surface area contributed by atoms with Crippen molar-refractivity contribution in [2.75, 3.05) is 0 Å². The molecule has 0 aliphatic rings. The third-order valence-electron chi connectivity index (χ3n) is 2.84. The lowest BCUT2D eigenvalue weighted by molar-refractivity contribution is -0.144. The van der Waals surface area contributed by atoms with E-state index in [4.69, 9.17) is 5.11 Å². The van der Waals surface area contributed by atoms with Crippen LogP contribution >= 0.6 is 15.9 Å². The molecule has 0 aliphatic heterocycles. The topological polar surface area (TPSA) is 74.6 Å². The summed E-state index contributed by atoms with van der Waals surface area (Å²) in [6.07, 6.45) is -0.505. The molecule has 0 saturated carbocycles. The van der Waals surface area contributed by atoms with Crippen LogP contribution in [0.4, 0.5) is 4.39 Å². The van der Waals surface area contributed by atoms with Crippen LogP contribution in [-0.2, 0) is 15.0 Å². The summed E-state index contributed by atoms with van der Waals surface area (Å²) in [6.45, 7) is 1.32. The Kier molecular flexibility index (Phi) is 4.45. The van der Waals surface area contributed by atoms with Crippen molar-refractivity contribution >= 4 is 27.9 Å². The summed E-state index contributed by atoms with van der Waals surface area (Å²) in [6, 6.07) is 4.05. The van der Waals surface area contributed by atoms with Gasteiger partial charge in [0.2, 0.25) is 0 Å². The number of aliphatic carboxylic acids is 2. The minimum absolute atomic E-state index is 0.0144. The van der Waals surface area contributed by atoms with E-state index in [1.165, 1.54) is 19.1 Å². The van der Waals surface area contributed by atoms with Gasteiger partial charge in [-0.3, -0.25) is 9.59 Å². The van der Waals surface area contributed by atoms with Crippen molar-refractivity contribution in [3.8, 4) is 0 Å². The highest BCUT2D eigenvalue weighted by molar-refractivity contribution is 9.10. The molecular weight excluding hydrogens is 307 g/mol. The molecule has 18 heavy (non-hydrogen) atoms. The van der Waals surface area contributed by atoms with Crippen molar-refractivity contribution in [3.63, 3.8) is 0 Å². The summed E-state index contributed by atoms with van der Waals surface area (Å²) in [5, 5.41) is 17.8. The number of carboxylic acid groups (broad SMARTS) is 2. The van der Waals surface area contributed by atoms with E-state index in [1.54, 1.807) is 0 Å². The van der Waals surface area contributed by atoms with Gasteiger partial charge in [0.1, 0.15) is 5.82 Å². The molecule has 2 N–H and O–H groups in total. The largest absolute Gasteiger partial charge is 0.481 e. The monoisotopic (exact) mass is 318 g/mol. The van der Waals surface area contributed by atoms with Gasteiger partial charge in [0.25, 0.3) is 0 Å². The van der Waals surface area contributed by atoms with Gasteiger partial charge in [-0.25, -0.2) is 4.39 Å². The Balaban J connectivity index is 3.18. The third kappa shape index (κ3) is 3.07. The van der Waals surface area contributed by atoms with Crippen LogP contribution in [0.15, 0.2) is 22.7 Å². The Hall–Kier alpha value is -1.43. The predicted molar refractivity (Wildman–Crippen MR) is 66.0 cm³/mol. The molecule has 1 aromatic rings. The summed E-state index contributed by atoms with van der Waals surface area (Å²) in [5.41, 5.74) is -1.57. The molecule has 98 valence electrons. The lowest BCUT2D eigenvalue weighted by atomic mass is 9.78. The lowest BCUT2D eigenvalue weighted by Gasteiger charge is -2.25. The van der Waals surface area contributed by atoms with Gasteiger partial charge in [-0.15, -0.1) is 0 Å². The molecule has 1 unspecified atom stereocenters. The smallest absolute Gasteiger partial charge is 0.313 e.